The van der Waals surface area contributed by atoms with Crippen molar-refractivity contribution in [2.75, 3.05) is 33.4 Å². The molecule has 27 heavy (non-hydrogen) atoms. The Bertz CT molecular complexity index is 805. The van der Waals surface area contributed by atoms with Crippen molar-refractivity contribution in [1.82, 2.24) is 15.5 Å². The van der Waals surface area contributed by atoms with Crippen molar-refractivity contribution in [1.29, 1.82) is 0 Å². The third-order valence-electron chi connectivity index (χ3n) is 5.84. The average molecular weight is 378 g/mol. The van der Waals surface area contributed by atoms with E-state index in [0.717, 1.165) is 0 Å². The van der Waals surface area contributed by atoms with Gasteiger partial charge in [0, 0.05) is 37.4 Å². The lowest BCUT2D eigenvalue weighted by Gasteiger charge is -2.39. The average Bonchev–Trinajstić information content (AvgIpc) is 3.27. The Labute approximate surface area is 155 Å². The molecule has 3 heterocycles. The fourth-order valence-electron chi connectivity index (χ4n) is 4.51. The zero-order valence-corrected chi connectivity index (χ0v) is 15.1. The van der Waals surface area contributed by atoms with Crippen LogP contribution in [0.2, 0.25) is 0 Å². The molecule has 10 nitrogen and oxygen atoms in total. The number of nitrogens with two attached hydrogens (primary N) is 1. The van der Waals surface area contributed by atoms with Crippen LogP contribution in [-0.2, 0) is 19.1 Å². The summed E-state index contributed by atoms with van der Waals surface area (Å²) in [6.45, 7) is 1.74. The van der Waals surface area contributed by atoms with Gasteiger partial charge in [-0.15, -0.1) is 0 Å². The minimum Gasteiger partial charge on any atom is -0.449 e. The Kier molecular flexibility index (Phi) is 4.02. The van der Waals surface area contributed by atoms with Crippen molar-refractivity contribution in [3.8, 4) is 0 Å². The summed E-state index contributed by atoms with van der Waals surface area (Å²) < 4.78 is 11.1. The number of nitrogens with one attached hydrogen (secondary N) is 2. The normalized spacial score (nSPS) is 33.9. The predicted octanol–water partition coefficient (Wildman–Crippen LogP) is -2.03. The zero-order valence-electron chi connectivity index (χ0n) is 15.1. The quantitative estimate of drug-likeness (QED) is 0.313. The van der Waals surface area contributed by atoms with Gasteiger partial charge in [0.2, 0.25) is 11.6 Å². The minimum absolute atomic E-state index is 0.0531. The molecule has 146 valence electrons. The Balaban J connectivity index is 1.70. The maximum atomic E-state index is 12.9. The first kappa shape index (κ1) is 18.0. The molecule has 4 aliphatic rings. The molecular formula is C17H22N4O6. The zero-order chi connectivity index (χ0) is 19.5. The summed E-state index contributed by atoms with van der Waals surface area (Å²) in [7, 11) is 1.52. The SMILES string of the molecule is COC12C(COC(=O)NCCO)C3=C(C(=O)C(C)=C(N)C3=O)N1CC1NC12. The smallest absolute Gasteiger partial charge is 0.407 e. The second kappa shape index (κ2) is 6.04. The lowest BCUT2D eigenvalue weighted by molar-refractivity contribution is -0.137. The van der Waals surface area contributed by atoms with Gasteiger partial charge in [-0.05, 0) is 6.92 Å². The van der Waals surface area contributed by atoms with Gasteiger partial charge in [0.05, 0.1) is 30.0 Å². The van der Waals surface area contributed by atoms with E-state index in [1.165, 1.54) is 14.0 Å². The molecule has 0 radical (unpaired) electrons. The summed E-state index contributed by atoms with van der Waals surface area (Å²) in [5.41, 5.74) is 5.58. The molecule has 0 spiro atoms. The highest BCUT2D eigenvalue weighted by molar-refractivity contribution is 6.25. The van der Waals surface area contributed by atoms with Gasteiger partial charge in [0.25, 0.3) is 0 Å². The van der Waals surface area contributed by atoms with E-state index in [0.29, 0.717) is 12.2 Å². The Morgan fingerprint density at radius 1 is 1.44 bits per heavy atom. The summed E-state index contributed by atoms with van der Waals surface area (Å²) in [6.07, 6.45) is -0.719. The number of methoxy groups -OCH3 is 1. The van der Waals surface area contributed by atoms with Crippen LogP contribution in [0.4, 0.5) is 4.79 Å². The highest BCUT2D eigenvalue weighted by atomic mass is 16.6. The first-order valence-corrected chi connectivity index (χ1v) is 8.78. The highest BCUT2D eigenvalue weighted by Crippen LogP contribution is 2.55. The van der Waals surface area contributed by atoms with E-state index in [9.17, 15) is 14.4 Å². The molecule has 0 aromatic heterocycles. The number of hydrogen-bond acceptors (Lipinski definition) is 9. The van der Waals surface area contributed by atoms with E-state index in [1.807, 2.05) is 4.90 Å². The second-order valence-corrected chi connectivity index (χ2v) is 7.08. The van der Waals surface area contributed by atoms with Crippen molar-refractivity contribution in [3.63, 3.8) is 0 Å². The molecule has 2 fully saturated rings. The van der Waals surface area contributed by atoms with Gasteiger partial charge in [0.15, 0.2) is 5.72 Å². The number of rotatable bonds is 5. The van der Waals surface area contributed by atoms with Gasteiger partial charge in [-0.25, -0.2) is 4.79 Å². The van der Waals surface area contributed by atoms with E-state index in [-0.39, 0.29) is 54.5 Å². The molecular weight excluding hydrogens is 356 g/mol. The number of aliphatic hydroxyl groups is 1. The summed E-state index contributed by atoms with van der Waals surface area (Å²) in [5.74, 6) is -1.38. The van der Waals surface area contributed by atoms with Crippen molar-refractivity contribution in [3.05, 3.63) is 22.5 Å². The van der Waals surface area contributed by atoms with E-state index in [4.69, 9.17) is 20.3 Å². The van der Waals surface area contributed by atoms with Crippen LogP contribution in [0.15, 0.2) is 22.5 Å². The van der Waals surface area contributed by atoms with Crippen molar-refractivity contribution < 1.29 is 29.0 Å². The number of Topliss-reactive ketones (excluding diaryl/α,β-unsaturated/α-hetero) is 2. The summed E-state index contributed by atoms with van der Waals surface area (Å²) >= 11 is 0. The number of allylic oxidation sites excluding steroid dienone is 2. The number of ether oxygens (including phenoxy) is 2. The number of alkyl carbamates (subject to hydrolysis) is 1. The first-order valence-electron chi connectivity index (χ1n) is 8.78. The molecule has 4 rings (SSSR count). The van der Waals surface area contributed by atoms with Crippen LogP contribution in [-0.4, -0.2) is 78.9 Å². The van der Waals surface area contributed by atoms with Crippen molar-refractivity contribution in [2.45, 2.75) is 24.7 Å². The lowest BCUT2D eigenvalue weighted by Crippen LogP contribution is -2.55. The molecule has 0 bridgehead atoms. The summed E-state index contributed by atoms with van der Waals surface area (Å²) in [6, 6.07) is 0.0699. The topological polar surface area (TPSA) is 153 Å². The number of amides is 1. The number of carbonyl (C=O) groups excluding carboxylic acids is 3. The Hall–Kier alpha value is -2.43. The molecule has 10 heteroatoms. The van der Waals surface area contributed by atoms with E-state index < -0.39 is 23.5 Å². The maximum Gasteiger partial charge on any atom is 0.407 e. The molecule has 0 saturated carbocycles. The molecule has 3 aliphatic heterocycles. The highest BCUT2D eigenvalue weighted by Gasteiger charge is 2.72. The third kappa shape index (κ3) is 2.27. The van der Waals surface area contributed by atoms with Crippen LogP contribution in [0.5, 0.6) is 0 Å². The summed E-state index contributed by atoms with van der Waals surface area (Å²) in [5, 5.41) is 14.5. The number of nitrogens with zero attached hydrogens (tertiary/aromatic N) is 1. The van der Waals surface area contributed by atoms with Crippen LogP contribution < -0.4 is 16.4 Å². The van der Waals surface area contributed by atoms with Gasteiger partial charge in [-0.3, -0.25) is 9.59 Å². The van der Waals surface area contributed by atoms with Crippen LogP contribution in [0.3, 0.4) is 0 Å². The number of hydrogen-bond donors (Lipinski definition) is 4. The molecule has 0 aromatic rings. The lowest BCUT2D eigenvalue weighted by atomic mass is 9.82. The third-order valence-corrected chi connectivity index (χ3v) is 5.84. The molecule has 1 amide bonds. The molecule has 2 saturated heterocycles. The van der Waals surface area contributed by atoms with Gasteiger partial charge >= 0.3 is 6.09 Å². The number of carbonyl (C=O) groups is 3. The van der Waals surface area contributed by atoms with Crippen LogP contribution >= 0.6 is 0 Å². The fourth-order valence-corrected chi connectivity index (χ4v) is 4.51. The van der Waals surface area contributed by atoms with Crippen molar-refractivity contribution in [2.24, 2.45) is 11.7 Å². The Morgan fingerprint density at radius 2 is 2.19 bits per heavy atom. The first-order chi connectivity index (χ1) is 12.9. The standard InChI is InChI=1S/C17H22N4O6/c1-7-11(18)14(24)10-8(6-27-16(25)19-3-4-22)17(26-2)15-9(20-15)5-21(17)12(10)13(7)23/h8-9,15,20,22H,3-6,18H2,1-2H3,(H,19,25). The molecule has 1 aliphatic carbocycles. The van der Waals surface area contributed by atoms with Crippen LogP contribution in [0, 0.1) is 5.92 Å². The van der Waals surface area contributed by atoms with Gasteiger partial charge in [-0.2, -0.15) is 0 Å². The monoisotopic (exact) mass is 378 g/mol. The summed E-state index contributed by atoms with van der Waals surface area (Å²) in [4.78, 5) is 39.5. The number of fused-ring (bicyclic) bond motifs is 4. The van der Waals surface area contributed by atoms with Crippen LogP contribution in [0.1, 0.15) is 6.92 Å². The largest absolute Gasteiger partial charge is 0.449 e. The second-order valence-electron chi connectivity index (χ2n) is 7.08. The fraction of sp³-hybridized carbons (Fsp3) is 0.588. The molecule has 5 N–H and O–H groups in total. The van der Waals surface area contributed by atoms with E-state index in [1.54, 1.807) is 0 Å². The maximum absolute atomic E-state index is 12.9. The van der Waals surface area contributed by atoms with Gasteiger partial charge < -0.3 is 35.8 Å². The molecule has 4 unspecified atom stereocenters. The molecule has 4 atom stereocenters. The van der Waals surface area contributed by atoms with Gasteiger partial charge in [0.1, 0.15) is 6.61 Å². The number of ketones is 2. The van der Waals surface area contributed by atoms with E-state index >= 15 is 0 Å². The van der Waals surface area contributed by atoms with Crippen molar-refractivity contribution >= 4 is 17.7 Å². The number of piperazine rings is 1. The van der Waals surface area contributed by atoms with E-state index in [2.05, 4.69) is 10.6 Å². The van der Waals surface area contributed by atoms with Crippen LogP contribution in [0.25, 0.3) is 0 Å². The minimum atomic E-state index is -0.983. The predicted molar refractivity (Wildman–Crippen MR) is 91.0 cm³/mol. The Morgan fingerprint density at radius 3 is 2.85 bits per heavy atom. The number of aliphatic hydroxyl groups excluding tert-OH is 1. The molecule has 0 aromatic carbocycles. The van der Waals surface area contributed by atoms with Gasteiger partial charge in [-0.1, -0.05) is 0 Å².